The first-order valence-electron chi connectivity index (χ1n) is 7.73. The summed E-state index contributed by atoms with van der Waals surface area (Å²) in [4.78, 5) is 19.7. The lowest BCUT2D eigenvalue weighted by atomic mass is 10.2. The highest BCUT2D eigenvalue weighted by Gasteiger charge is 2.25. The summed E-state index contributed by atoms with van der Waals surface area (Å²) in [5.74, 6) is 0.198. The van der Waals surface area contributed by atoms with E-state index in [-0.39, 0.29) is 18.0 Å². The molecule has 0 unspecified atom stereocenters. The van der Waals surface area contributed by atoms with Crippen LogP contribution in [-0.2, 0) is 16.0 Å². The van der Waals surface area contributed by atoms with Crippen molar-refractivity contribution in [2.45, 2.75) is 6.42 Å². The maximum Gasteiger partial charge on any atom is 0.314 e. The van der Waals surface area contributed by atoms with Crippen molar-refractivity contribution in [3.8, 4) is 6.07 Å². The number of anilines is 2. The number of carbonyl (C=O) groups is 1. The highest BCUT2D eigenvalue weighted by atomic mass is 16.5. The molecule has 1 fully saturated rings. The minimum Gasteiger partial charge on any atom is -0.469 e. The van der Waals surface area contributed by atoms with Gasteiger partial charge in [0, 0.05) is 31.9 Å². The Morgan fingerprint density at radius 1 is 1.25 bits per heavy atom. The van der Waals surface area contributed by atoms with Gasteiger partial charge in [-0.2, -0.15) is 10.2 Å². The van der Waals surface area contributed by atoms with E-state index in [1.165, 1.54) is 12.8 Å². The first-order valence-corrected chi connectivity index (χ1v) is 7.73. The largest absolute Gasteiger partial charge is 0.469 e. The fraction of sp³-hybridized carbons (Fsp3) is 0.353. The number of esters is 1. The maximum absolute atomic E-state index is 11.3. The smallest absolute Gasteiger partial charge is 0.314 e. The van der Waals surface area contributed by atoms with Gasteiger partial charge in [-0.05, 0) is 12.1 Å². The molecule has 24 heavy (non-hydrogen) atoms. The molecule has 0 radical (unpaired) electrons. The maximum atomic E-state index is 11.3. The summed E-state index contributed by atoms with van der Waals surface area (Å²) in [7, 11) is 1.31. The number of benzene rings is 1. The second-order valence-corrected chi connectivity index (χ2v) is 5.44. The summed E-state index contributed by atoms with van der Waals surface area (Å²) in [5, 5.41) is 9.26. The van der Waals surface area contributed by atoms with Crippen LogP contribution in [0.4, 0.5) is 11.6 Å². The van der Waals surface area contributed by atoms with E-state index in [1.807, 2.05) is 29.2 Å². The van der Waals surface area contributed by atoms with Crippen molar-refractivity contribution in [3.63, 3.8) is 0 Å². The average molecular weight is 326 g/mol. The molecule has 124 valence electrons. The van der Waals surface area contributed by atoms with Crippen molar-refractivity contribution in [2.75, 3.05) is 43.1 Å². The zero-order chi connectivity index (χ0) is 16.9. The molecule has 0 amide bonds. The highest BCUT2D eigenvalue weighted by Crippen LogP contribution is 2.25. The standard InChI is InChI=1S/C17H18N4O3/c1-23-16(22)11-15-19-14(12-18)17(24-15)21-9-7-20(8-10-21)13-5-3-2-4-6-13/h2-6H,7-11H2,1H3. The zero-order valence-electron chi connectivity index (χ0n) is 13.4. The number of piperazine rings is 1. The van der Waals surface area contributed by atoms with E-state index < -0.39 is 5.97 Å². The number of methoxy groups -OCH3 is 1. The van der Waals surface area contributed by atoms with Gasteiger partial charge in [-0.15, -0.1) is 0 Å². The Bertz CT molecular complexity index is 743. The Hall–Kier alpha value is -3.01. The quantitative estimate of drug-likeness (QED) is 0.789. The Morgan fingerprint density at radius 2 is 1.92 bits per heavy atom. The van der Waals surface area contributed by atoms with Gasteiger partial charge < -0.3 is 19.0 Å². The van der Waals surface area contributed by atoms with E-state index in [2.05, 4.69) is 26.8 Å². The molecule has 7 nitrogen and oxygen atoms in total. The van der Waals surface area contributed by atoms with Gasteiger partial charge in [0.1, 0.15) is 12.5 Å². The minimum atomic E-state index is -0.443. The van der Waals surface area contributed by atoms with Crippen molar-refractivity contribution in [1.29, 1.82) is 5.26 Å². The van der Waals surface area contributed by atoms with Gasteiger partial charge in [-0.25, -0.2) is 0 Å². The third kappa shape index (κ3) is 3.33. The van der Waals surface area contributed by atoms with Crippen molar-refractivity contribution < 1.29 is 13.9 Å². The predicted molar refractivity (Wildman–Crippen MR) is 87.8 cm³/mol. The molecule has 2 heterocycles. The van der Waals surface area contributed by atoms with E-state index >= 15 is 0 Å². The second kappa shape index (κ2) is 7.04. The molecule has 0 aliphatic carbocycles. The molecule has 0 bridgehead atoms. The Kier molecular flexibility index (Phi) is 4.66. The molecule has 1 aliphatic heterocycles. The fourth-order valence-corrected chi connectivity index (χ4v) is 2.72. The number of para-hydroxylation sites is 1. The number of hydrogen-bond acceptors (Lipinski definition) is 7. The SMILES string of the molecule is COC(=O)Cc1nc(C#N)c(N2CCN(c3ccccc3)CC2)o1. The molecular formula is C17H18N4O3. The number of hydrogen-bond donors (Lipinski definition) is 0. The lowest BCUT2D eigenvalue weighted by molar-refractivity contribution is -0.140. The molecule has 2 aromatic rings. The van der Waals surface area contributed by atoms with Gasteiger partial charge >= 0.3 is 5.97 Å². The molecule has 1 aromatic carbocycles. The summed E-state index contributed by atoms with van der Waals surface area (Å²) in [6.07, 6.45) is -0.0742. The Morgan fingerprint density at radius 3 is 2.54 bits per heavy atom. The van der Waals surface area contributed by atoms with Crippen LogP contribution >= 0.6 is 0 Å². The summed E-state index contributed by atoms with van der Waals surface area (Å²) < 4.78 is 10.2. The molecule has 7 heteroatoms. The van der Waals surface area contributed by atoms with Gasteiger partial charge in [-0.1, -0.05) is 18.2 Å². The first kappa shape index (κ1) is 15.9. The Labute approximate surface area is 140 Å². The molecule has 3 rings (SSSR count). The molecule has 0 atom stereocenters. The van der Waals surface area contributed by atoms with Crippen molar-refractivity contribution >= 4 is 17.5 Å². The van der Waals surface area contributed by atoms with Crippen LogP contribution in [0.3, 0.4) is 0 Å². The first-order chi connectivity index (χ1) is 11.7. The topological polar surface area (TPSA) is 82.6 Å². The number of nitrogens with zero attached hydrogens (tertiary/aromatic N) is 4. The van der Waals surface area contributed by atoms with Crippen molar-refractivity contribution in [1.82, 2.24) is 4.98 Å². The lowest BCUT2D eigenvalue weighted by Gasteiger charge is -2.35. The van der Waals surface area contributed by atoms with E-state index in [4.69, 9.17) is 4.42 Å². The fourth-order valence-electron chi connectivity index (χ4n) is 2.72. The molecule has 1 saturated heterocycles. The lowest BCUT2D eigenvalue weighted by Crippen LogP contribution is -2.46. The van der Waals surface area contributed by atoms with Crippen LogP contribution in [0.5, 0.6) is 0 Å². The van der Waals surface area contributed by atoms with E-state index in [9.17, 15) is 10.1 Å². The van der Waals surface area contributed by atoms with Gasteiger partial charge in [-0.3, -0.25) is 4.79 Å². The van der Waals surface area contributed by atoms with Crippen LogP contribution in [0.2, 0.25) is 0 Å². The summed E-state index contributed by atoms with van der Waals surface area (Å²) in [6, 6.07) is 12.2. The molecule has 0 saturated carbocycles. The van der Waals surface area contributed by atoms with Crippen molar-refractivity contribution in [3.05, 3.63) is 41.9 Å². The summed E-state index contributed by atoms with van der Waals surface area (Å²) >= 11 is 0. The molecular weight excluding hydrogens is 308 g/mol. The second-order valence-electron chi connectivity index (χ2n) is 5.44. The van der Waals surface area contributed by atoms with Crippen LogP contribution in [-0.4, -0.2) is 44.2 Å². The molecule has 1 aromatic heterocycles. The van der Waals surface area contributed by atoms with Crippen LogP contribution < -0.4 is 9.80 Å². The molecule has 0 spiro atoms. The third-order valence-electron chi connectivity index (χ3n) is 3.97. The minimum absolute atomic E-state index is 0.0742. The van der Waals surface area contributed by atoms with Gasteiger partial charge in [0.25, 0.3) is 0 Å². The number of ether oxygens (including phenoxy) is 1. The van der Waals surface area contributed by atoms with Gasteiger partial charge in [0.15, 0.2) is 0 Å². The number of nitriles is 1. The normalized spacial score (nSPS) is 14.3. The summed E-state index contributed by atoms with van der Waals surface area (Å²) in [5.41, 5.74) is 1.39. The highest BCUT2D eigenvalue weighted by molar-refractivity contribution is 5.71. The number of oxazole rings is 1. The molecule has 0 N–H and O–H groups in total. The number of rotatable bonds is 4. The Balaban J connectivity index is 1.70. The van der Waals surface area contributed by atoms with Gasteiger partial charge in [0.2, 0.25) is 17.5 Å². The van der Waals surface area contributed by atoms with Crippen LogP contribution in [0.15, 0.2) is 34.7 Å². The van der Waals surface area contributed by atoms with E-state index in [0.717, 1.165) is 26.2 Å². The summed E-state index contributed by atoms with van der Waals surface area (Å²) in [6.45, 7) is 3.08. The number of aromatic nitrogens is 1. The van der Waals surface area contributed by atoms with E-state index in [1.54, 1.807) is 0 Å². The predicted octanol–water partition coefficient (Wildman–Crippen LogP) is 1.59. The van der Waals surface area contributed by atoms with E-state index in [0.29, 0.717) is 5.88 Å². The zero-order valence-corrected chi connectivity index (χ0v) is 13.4. The van der Waals surface area contributed by atoms with Crippen LogP contribution in [0, 0.1) is 11.3 Å². The number of carbonyl (C=O) groups excluding carboxylic acids is 1. The van der Waals surface area contributed by atoms with Crippen LogP contribution in [0.25, 0.3) is 0 Å². The molecule has 1 aliphatic rings. The third-order valence-corrected chi connectivity index (χ3v) is 3.97. The van der Waals surface area contributed by atoms with Gasteiger partial charge in [0.05, 0.1) is 7.11 Å². The average Bonchev–Trinajstić information content (AvgIpc) is 3.05. The monoisotopic (exact) mass is 326 g/mol. The van der Waals surface area contributed by atoms with Crippen LogP contribution in [0.1, 0.15) is 11.6 Å². The van der Waals surface area contributed by atoms with Crippen molar-refractivity contribution in [2.24, 2.45) is 0 Å².